The minimum atomic E-state index is -0.246. The number of nitrogens with zero attached hydrogens (tertiary/aromatic N) is 1. The summed E-state index contributed by atoms with van der Waals surface area (Å²) in [4.78, 5) is 13.8. The molecule has 4 heteroatoms. The summed E-state index contributed by atoms with van der Waals surface area (Å²) in [5.41, 5.74) is 0.645. The lowest BCUT2D eigenvalue weighted by molar-refractivity contribution is -0.140. The fourth-order valence-corrected chi connectivity index (χ4v) is 2.83. The van der Waals surface area contributed by atoms with Gasteiger partial charge in [0.25, 0.3) is 0 Å². The number of aliphatic hydroxyl groups is 1. The summed E-state index contributed by atoms with van der Waals surface area (Å²) in [6, 6.07) is 0.203. The second-order valence-corrected chi connectivity index (χ2v) is 5.00. The lowest BCUT2D eigenvalue weighted by Gasteiger charge is -2.22. The molecule has 0 saturated carbocycles. The van der Waals surface area contributed by atoms with E-state index in [9.17, 15) is 9.90 Å². The summed E-state index contributed by atoms with van der Waals surface area (Å²) >= 11 is 0. The van der Waals surface area contributed by atoms with Gasteiger partial charge < -0.3 is 9.84 Å². The van der Waals surface area contributed by atoms with Crippen molar-refractivity contribution in [2.75, 3.05) is 19.7 Å². The summed E-state index contributed by atoms with van der Waals surface area (Å²) in [6.45, 7) is 6.02. The summed E-state index contributed by atoms with van der Waals surface area (Å²) in [7, 11) is 0. The lowest BCUT2D eigenvalue weighted by atomic mass is 9.97. The fraction of sp³-hybridized carbons (Fsp3) is 0.769. The van der Waals surface area contributed by atoms with Gasteiger partial charge >= 0.3 is 5.97 Å². The van der Waals surface area contributed by atoms with E-state index in [1.165, 1.54) is 0 Å². The van der Waals surface area contributed by atoms with Gasteiger partial charge in [0, 0.05) is 24.1 Å². The maximum Gasteiger partial charge on any atom is 0.333 e. The van der Waals surface area contributed by atoms with Gasteiger partial charge in [0.2, 0.25) is 0 Å². The van der Waals surface area contributed by atoms with Crippen molar-refractivity contribution in [1.82, 2.24) is 4.90 Å². The van der Waals surface area contributed by atoms with Crippen molar-refractivity contribution < 1.29 is 14.6 Å². The van der Waals surface area contributed by atoms with Crippen molar-refractivity contribution in [2.45, 2.75) is 38.8 Å². The quantitative estimate of drug-likeness (QED) is 0.588. The molecule has 0 aliphatic carbocycles. The van der Waals surface area contributed by atoms with Gasteiger partial charge in [-0.15, -0.1) is 0 Å². The lowest BCUT2D eigenvalue weighted by Crippen LogP contribution is -2.36. The van der Waals surface area contributed by atoms with Crippen molar-refractivity contribution >= 4 is 5.97 Å². The van der Waals surface area contributed by atoms with Crippen LogP contribution in [0.15, 0.2) is 11.6 Å². The molecule has 2 aliphatic heterocycles. The van der Waals surface area contributed by atoms with Gasteiger partial charge in [0.1, 0.15) is 0 Å². The molecule has 96 valence electrons. The monoisotopic (exact) mass is 239 g/mol. The number of rotatable bonds is 3. The van der Waals surface area contributed by atoms with E-state index in [2.05, 4.69) is 4.90 Å². The van der Waals surface area contributed by atoms with Crippen LogP contribution in [0.5, 0.6) is 0 Å². The molecule has 0 unspecified atom stereocenters. The van der Waals surface area contributed by atoms with E-state index in [0.29, 0.717) is 18.1 Å². The van der Waals surface area contributed by atoms with Crippen LogP contribution in [0.3, 0.4) is 0 Å². The smallest absolute Gasteiger partial charge is 0.333 e. The van der Waals surface area contributed by atoms with E-state index < -0.39 is 0 Å². The van der Waals surface area contributed by atoms with E-state index in [-0.39, 0.29) is 18.1 Å². The van der Waals surface area contributed by atoms with Crippen LogP contribution in [0.25, 0.3) is 0 Å². The number of fused-ring (bicyclic) bond motifs is 1. The number of carbonyl (C=O) groups excluding carboxylic acids is 1. The van der Waals surface area contributed by atoms with Gasteiger partial charge in [-0.3, -0.25) is 4.90 Å². The van der Waals surface area contributed by atoms with Crippen LogP contribution in [-0.2, 0) is 9.53 Å². The first-order valence-electron chi connectivity index (χ1n) is 6.35. The standard InChI is InChI=1S/C13H21NO3/c1-3-9(2)13(16)17-8-10-4-6-14-7-5-11(15)12(10)14/h3,10-12,15H,4-8H2,1-2H3/b9-3+/t10-,11+,12+/m0/s1. The van der Waals surface area contributed by atoms with Crippen molar-refractivity contribution in [2.24, 2.45) is 5.92 Å². The third kappa shape index (κ3) is 2.53. The van der Waals surface area contributed by atoms with E-state index in [1.54, 1.807) is 13.0 Å². The zero-order valence-electron chi connectivity index (χ0n) is 10.6. The molecule has 0 aromatic heterocycles. The molecule has 4 nitrogen and oxygen atoms in total. The van der Waals surface area contributed by atoms with Gasteiger partial charge in [0.05, 0.1) is 12.7 Å². The normalized spacial score (nSPS) is 33.8. The van der Waals surface area contributed by atoms with Crippen molar-refractivity contribution in [3.63, 3.8) is 0 Å². The number of carbonyl (C=O) groups is 1. The molecule has 0 spiro atoms. The highest BCUT2D eigenvalue weighted by atomic mass is 16.5. The molecule has 0 aromatic carbocycles. The molecule has 2 heterocycles. The second-order valence-electron chi connectivity index (χ2n) is 5.00. The van der Waals surface area contributed by atoms with Crippen LogP contribution in [0.4, 0.5) is 0 Å². The van der Waals surface area contributed by atoms with E-state index >= 15 is 0 Å². The Hall–Kier alpha value is -0.870. The van der Waals surface area contributed by atoms with Crippen LogP contribution in [0.2, 0.25) is 0 Å². The Morgan fingerprint density at radius 3 is 2.88 bits per heavy atom. The third-order valence-corrected chi connectivity index (χ3v) is 3.98. The van der Waals surface area contributed by atoms with Crippen molar-refractivity contribution in [3.8, 4) is 0 Å². The Balaban J connectivity index is 1.86. The highest BCUT2D eigenvalue weighted by Gasteiger charge is 2.43. The zero-order valence-corrected chi connectivity index (χ0v) is 10.6. The third-order valence-electron chi connectivity index (χ3n) is 3.98. The predicted molar refractivity (Wildman–Crippen MR) is 64.5 cm³/mol. The second kappa shape index (κ2) is 5.19. The molecular formula is C13H21NO3. The number of aliphatic hydroxyl groups excluding tert-OH is 1. The highest BCUT2D eigenvalue weighted by molar-refractivity contribution is 5.87. The predicted octanol–water partition coefficient (Wildman–Crippen LogP) is 0.951. The Morgan fingerprint density at radius 2 is 2.18 bits per heavy atom. The van der Waals surface area contributed by atoms with Gasteiger partial charge in [0.15, 0.2) is 0 Å². The maximum absolute atomic E-state index is 11.5. The minimum absolute atomic E-state index is 0.203. The molecular weight excluding hydrogens is 218 g/mol. The molecule has 17 heavy (non-hydrogen) atoms. The van der Waals surface area contributed by atoms with Gasteiger partial charge in [-0.2, -0.15) is 0 Å². The summed E-state index contributed by atoms with van der Waals surface area (Å²) < 4.78 is 5.29. The summed E-state index contributed by atoms with van der Waals surface area (Å²) in [5, 5.41) is 9.90. The Morgan fingerprint density at radius 1 is 1.47 bits per heavy atom. The number of allylic oxidation sites excluding steroid dienone is 1. The minimum Gasteiger partial charge on any atom is -0.462 e. The van der Waals surface area contributed by atoms with Gasteiger partial charge in [-0.05, 0) is 33.2 Å². The van der Waals surface area contributed by atoms with Crippen LogP contribution >= 0.6 is 0 Å². The van der Waals surface area contributed by atoms with Crippen LogP contribution in [0.1, 0.15) is 26.7 Å². The molecule has 2 aliphatic rings. The van der Waals surface area contributed by atoms with E-state index in [4.69, 9.17) is 4.74 Å². The highest BCUT2D eigenvalue weighted by Crippen LogP contribution is 2.33. The first-order valence-corrected chi connectivity index (χ1v) is 6.35. The maximum atomic E-state index is 11.5. The van der Waals surface area contributed by atoms with Crippen LogP contribution < -0.4 is 0 Å². The summed E-state index contributed by atoms with van der Waals surface area (Å²) in [5.74, 6) is 0.0551. The van der Waals surface area contributed by atoms with Crippen LogP contribution in [-0.4, -0.2) is 47.8 Å². The SMILES string of the molecule is C/C=C(\C)C(=O)OC[C@@H]1CCN2CC[C@@H](O)[C@@H]12. The first kappa shape index (κ1) is 12.6. The zero-order chi connectivity index (χ0) is 12.4. The molecule has 2 saturated heterocycles. The van der Waals surface area contributed by atoms with Crippen molar-refractivity contribution in [1.29, 1.82) is 0 Å². The molecule has 0 bridgehead atoms. The van der Waals surface area contributed by atoms with Crippen LogP contribution in [0, 0.1) is 5.92 Å². The topological polar surface area (TPSA) is 49.8 Å². The summed E-state index contributed by atoms with van der Waals surface area (Å²) in [6.07, 6.45) is 3.38. The van der Waals surface area contributed by atoms with Crippen molar-refractivity contribution in [3.05, 3.63) is 11.6 Å². The molecule has 2 fully saturated rings. The Kier molecular flexibility index (Phi) is 3.84. The average Bonchev–Trinajstić information content (AvgIpc) is 2.89. The largest absolute Gasteiger partial charge is 0.462 e. The average molecular weight is 239 g/mol. The fourth-order valence-electron chi connectivity index (χ4n) is 2.83. The number of ether oxygens (including phenoxy) is 1. The molecule has 0 amide bonds. The first-order chi connectivity index (χ1) is 8.13. The van der Waals surface area contributed by atoms with Gasteiger partial charge in [-0.1, -0.05) is 6.08 Å². The molecule has 2 rings (SSSR count). The molecule has 1 N–H and O–H groups in total. The number of hydrogen-bond donors (Lipinski definition) is 1. The molecule has 0 aromatic rings. The van der Waals surface area contributed by atoms with E-state index in [0.717, 1.165) is 25.9 Å². The molecule has 3 atom stereocenters. The Labute approximate surface area is 102 Å². The van der Waals surface area contributed by atoms with Gasteiger partial charge in [-0.25, -0.2) is 4.79 Å². The molecule has 0 radical (unpaired) electrons. The van der Waals surface area contributed by atoms with E-state index in [1.807, 2.05) is 6.92 Å². The number of hydrogen-bond acceptors (Lipinski definition) is 4. The number of esters is 1. The Bertz CT molecular complexity index is 327.